The summed E-state index contributed by atoms with van der Waals surface area (Å²) in [6, 6.07) is 0. The summed E-state index contributed by atoms with van der Waals surface area (Å²) in [6.07, 6.45) is 0. The highest BCUT2D eigenvalue weighted by molar-refractivity contribution is 7.70. The molecule has 0 saturated heterocycles. The molecule has 0 spiro atoms. The van der Waals surface area contributed by atoms with Crippen LogP contribution >= 0.6 is 12.4 Å². The van der Waals surface area contributed by atoms with Crippen molar-refractivity contribution in [1.82, 2.24) is 4.72 Å². The smallest absolute Gasteiger partial charge is 0.201 e. The quantitative estimate of drug-likeness (QED) is 0.517. The molecule has 0 amide bonds. The third-order valence-electron chi connectivity index (χ3n) is 0.287. The molecule has 5 heteroatoms. The molecule has 0 unspecified atom stereocenters. The summed E-state index contributed by atoms with van der Waals surface area (Å²) in [4.78, 5) is 0. The monoisotopic (exact) mass is 145 g/mol. The standard InChI is InChI=1S/C2H7NO2S.ClH/c1-2-3-6(4)5;/h6H,2H2,1H3,(H,3,4,5);1H. The van der Waals surface area contributed by atoms with Gasteiger partial charge in [-0.05, 0) is 0 Å². The van der Waals surface area contributed by atoms with Crippen molar-refractivity contribution in [3.05, 3.63) is 0 Å². The lowest BCUT2D eigenvalue weighted by Crippen LogP contribution is -2.08. The van der Waals surface area contributed by atoms with Crippen LogP contribution in [0.1, 0.15) is 6.92 Å². The Morgan fingerprint density at radius 2 is 2.00 bits per heavy atom. The van der Waals surface area contributed by atoms with E-state index in [0.717, 1.165) is 0 Å². The van der Waals surface area contributed by atoms with Crippen LogP contribution in [0.5, 0.6) is 0 Å². The van der Waals surface area contributed by atoms with Crippen molar-refractivity contribution in [3.63, 3.8) is 0 Å². The summed E-state index contributed by atoms with van der Waals surface area (Å²) in [7, 11) is -2.35. The van der Waals surface area contributed by atoms with E-state index in [2.05, 4.69) is 4.72 Å². The van der Waals surface area contributed by atoms with Gasteiger partial charge in [0.1, 0.15) is 0 Å². The van der Waals surface area contributed by atoms with E-state index in [4.69, 9.17) is 0 Å². The summed E-state index contributed by atoms with van der Waals surface area (Å²) >= 11 is 0. The zero-order valence-corrected chi connectivity index (χ0v) is 5.59. The maximum Gasteiger partial charge on any atom is 0.201 e. The normalized spacial score (nSPS) is 8.29. The van der Waals surface area contributed by atoms with Gasteiger partial charge in [0, 0.05) is 6.54 Å². The molecule has 0 aromatic heterocycles. The molecule has 0 atom stereocenters. The largest absolute Gasteiger partial charge is 0.218 e. The van der Waals surface area contributed by atoms with Gasteiger partial charge in [-0.15, -0.1) is 12.4 Å². The molecule has 0 aliphatic heterocycles. The maximum absolute atomic E-state index is 9.53. The average Bonchev–Trinajstić information content (AvgIpc) is 1.35. The summed E-state index contributed by atoms with van der Waals surface area (Å²) in [6.45, 7) is 2.21. The zero-order valence-electron chi connectivity index (χ0n) is 3.88. The number of nitrogens with one attached hydrogen (secondary N) is 1. The van der Waals surface area contributed by atoms with E-state index < -0.39 is 10.9 Å². The van der Waals surface area contributed by atoms with Crippen molar-refractivity contribution in [3.8, 4) is 0 Å². The highest BCUT2D eigenvalue weighted by Crippen LogP contribution is 1.47. The van der Waals surface area contributed by atoms with Crippen LogP contribution in [0.3, 0.4) is 0 Å². The second-order valence-corrected chi connectivity index (χ2v) is 1.60. The fourth-order valence-corrected chi connectivity index (χ4v) is 0.387. The molecule has 0 fully saturated rings. The molecule has 0 aromatic rings. The van der Waals surface area contributed by atoms with Crippen molar-refractivity contribution in [2.24, 2.45) is 0 Å². The van der Waals surface area contributed by atoms with Crippen LogP contribution in [0.15, 0.2) is 0 Å². The number of halogens is 1. The van der Waals surface area contributed by atoms with Gasteiger partial charge in [-0.3, -0.25) is 0 Å². The van der Waals surface area contributed by atoms with Crippen LogP contribution in [0.25, 0.3) is 0 Å². The van der Waals surface area contributed by atoms with Gasteiger partial charge in [0.05, 0.1) is 0 Å². The minimum Gasteiger partial charge on any atom is -0.218 e. The number of thiol groups is 1. The van der Waals surface area contributed by atoms with Gasteiger partial charge in [0.25, 0.3) is 0 Å². The summed E-state index contributed by atoms with van der Waals surface area (Å²) in [5.41, 5.74) is 0. The van der Waals surface area contributed by atoms with Crippen molar-refractivity contribution in [2.45, 2.75) is 6.92 Å². The third kappa shape index (κ3) is 10.7. The van der Waals surface area contributed by atoms with E-state index in [0.29, 0.717) is 6.54 Å². The first-order valence-corrected chi connectivity index (χ1v) is 2.83. The van der Waals surface area contributed by atoms with Crippen molar-refractivity contribution >= 4 is 23.3 Å². The van der Waals surface area contributed by atoms with Gasteiger partial charge in [-0.25, -0.2) is 13.1 Å². The molecule has 46 valence electrons. The first-order valence-electron chi connectivity index (χ1n) is 1.65. The van der Waals surface area contributed by atoms with Crippen LogP contribution in [0.4, 0.5) is 0 Å². The van der Waals surface area contributed by atoms with E-state index in [1.807, 2.05) is 0 Å². The molecular formula is C2H8ClNO2S. The topological polar surface area (TPSA) is 46.2 Å². The van der Waals surface area contributed by atoms with Crippen LogP contribution in [0, 0.1) is 0 Å². The minimum absolute atomic E-state index is 0. The van der Waals surface area contributed by atoms with Crippen LogP contribution in [-0.2, 0) is 10.9 Å². The highest BCUT2D eigenvalue weighted by Gasteiger charge is 1.70. The second-order valence-electron chi connectivity index (χ2n) is 0.769. The third-order valence-corrected chi connectivity index (χ3v) is 0.862. The van der Waals surface area contributed by atoms with Gasteiger partial charge in [-0.1, -0.05) is 6.92 Å². The van der Waals surface area contributed by atoms with E-state index >= 15 is 0 Å². The maximum atomic E-state index is 9.53. The molecule has 7 heavy (non-hydrogen) atoms. The first kappa shape index (κ1) is 10.2. The van der Waals surface area contributed by atoms with Crippen molar-refractivity contribution in [2.75, 3.05) is 6.54 Å². The molecule has 3 nitrogen and oxygen atoms in total. The predicted octanol–water partition coefficient (Wildman–Crippen LogP) is -0.456. The fourth-order valence-electron chi connectivity index (χ4n) is 0.129. The Balaban J connectivity index is 0. The Labute approximate surface area is 50.6 Å². The Morgan fingerprint density at radius 1 is 1.57 bits per heavy atom. The van der Waals surface area contributed by atoms with Crippen LogP contribution in [-0.4, -0.2) is 15.0 Å². The first-order chi connectivity index (χ1) is 2.77. The van der Waals surface area contributed by atoms with Gasteiger partial charge < -0.3 is 0 Å². The lowest BCUT2D eigenvalue weighted by Gasteiger charge is -1.78. The van der Waals surface area contributed by atoms with E-state index in [9.17, 15) is 8.42 Å². The Kier molecular flexibility index (Phi) is 9.07. The van der Waals surface area contributed by atoms with E-state index in [1.54, 1.807) is 6.92 Å². The minimum atomic E-state index is -2.35. The molecule has 0 aromatic carbocycles. The number of hydrogen-bond donors (Lipinski definition) is 2. The Morgan fingerprint density at radius 3 is 2.00 bits per heavy atom. The van der Waals surface area contributed by atoms with Crippen molar-refractivity contribution in [1.29, 1.82) is 0 Å². The highest BCUT2D eigenvalue weighted by atomic mass is 35.5. The molecule has 0 radical (unpaired) electrons. The lowest BCUT2D eigenvalue weighted by atomic mass is 10.8. The van der Waals surface area contributed by atoms with Crippen LogP contribution in [0.2, 0.25) is 0 Å². The summed E-state index contributed by atoms with van der Waals surface area (Å²) in [5.74, 6) is 0. The summed E-state index contributed by atoms with van der Waals surface area (Å²) < 4.78 is 21.2. The fraction of sp³-hybridized carbons (Fsp3) is 1.00. The molecule has 0 heterocycles. The van der Waals surface area contributed by atoms with Crippen molar-refractivity contribution < 1.29 is 8.42 Å². The molecular weight excluding hydrogens is 138 g/mol. The summed E-state index contributed by atoms with van der Waals surface area (Å²) in [5, 5.41) is 0. The lowest BCUT2D eigenvalue weighted by molar-refractivity contribution is 0.604. The van der Waals surface area contributed by atoms with E-state index in [1.165, 1.54) is 0 Å². The number of rotatable bonds is 2. The van der Waals surface area contributed by atoms with Gasteiger partial charge in [0.15, 0.2) is 0 Å². The van der Waals surface area contributed by atoms with E-state index in [-0.39, 0.29) is 12.4 Å². The zero-order chi connectivity index (χ0) is 4.99. The predicted molar refractivity (Wildman–Crippen MR) is 31.2 cm³/mol. The molecule has 0 saturated carbocycles. The molecule has 0 rings (SSSR count). The molecule has 1 N–H and O–H groups in total. The van der Waals surface area contributed by atoms with Gasteiger partial charge in [0.2, 0.25) is 10.9 Å². The SMILES string of the molecule is CCN[SH](=O)=O.Cl. The number of hydrogen-bond acceptors (Lipinski definition) is 2. The van der Waals surface area contributed by atoms with Gasteiger partial charge >= 0.3 is 0 Å². The molecule has 0 aliphatic carbocycles. The van der Waals surface area contributed by atoms with Gasteiger partial charge in [-0.2, -0.15) is 0 Å². The van der Waals surface area contributed by atoms with Crippen LogP contribution < -0.4 is 4.72 Å². The average molecular weight is 146 g/mol. The Bertz CT molecular complexity index is 83.7. The second kappa shape index (κ2) is 6.20. The Hall–Kier alpha value is 0.200. The molecule has 0 aliphatic rings. The molecule has 0 bridgehead atoms.